The minimum atomic E-state index is 0. The number of morpholine rings is 2. The third-order valence-electron chi connectivity index (χ3n) is 5.87. The van der Waals surface area contributed by atoms with E-state index in [1.165, 1.54) is 5.69 Å². The zero-order valence-corrected chi connectivity index (χ0v) is 19.3. The summed E-state index contributed by atoms with van der Waals surface area (Å²) in [6, 6.07) is 10.6. The summed E-state index contributed by atoms with van der Waals surface area (Å²) in [6.07, 6.45) is 3.50. The Morgan fingerprint density at radius 2 is 1.88 bits per heavy atom. The normalized spacial score (nSPS) is 19.9. The maximum Gasteiger partial charge on any atom is 0.155 e. The van der Waals surface area contributed by atoms with Gasteiger partial charge in [-0.3, -0.25) is 4.98 Å². The lowest BCUT2D eigenvalue weighted by atomic mass is 10.1. The summed E-state index contributed by atoms with van der Waals surface area (Å²) >= 11 is 0. The van der Waals surface area contributed by atoms with Gasteiger partial charge in [0, 0.05) is 49.8 Å². The van der Waals surface area contributed by atoms with Crippen LogP contribution in [0.1, 0.15) is 6.92 Å². The summed E-state index contributed by atoms with van der Waals surface area (Å²) in [5.74, 6) is 0.736. The zero-order valence-electron chi connectivity index (χ0n) is 18.3. The molecular formula is C23H30N6O2S. The quantitative estimate of drug-likeness (QED) is 0.608. The van der Waals surface area contributed by atoms with Gasteiger partial charge in [0.25, 0.3) is 0 Å². The Bertz CT molecular complexity index is 1020. The van der Waals surface area contributed by atoms with Crippen LogP contribution in [0.15, 0.2) is 42.7 Å². The van der Waals surface area contributed by atoms with Crippen LogP contribution in [0.2, 0.25) is 0 Å². The van der Waals surface area contributed by atoms with E-state index >= 15 is 0 Å². The maximum atomic E-state index is 5.91. The van der Waals surface area contributed by atoms with Crippen molar-refractivity contribution in [2.45, 2.75) is 19.1 Å². The first kappa shape index (κ1) is 22.7. The van der Waals surface area contributed by atoms with Crippen LogP contribution >= 0.6 is 13.5 Å². The second kappa shape index (κ2) is 10.4. The summed E-state index contributed by atoms with van der Waals surface area (Å²) in [7, 11) is 0. The van der Waals surface area contributed by atoms with E-state index in [0.717, 1.165) is 74.1 Å². The lowest BCUT2D eigenvalue weighted by Gasteiger charge is -2.30. The maximum absolute atomic E-state index is 5.91. The number of aromatic nitrogens is 3. The topological polar surface area (TPSA) is 84.4 Å². The molecule has 9 heteroatoms. The number of nitrogens with zero attached hydrogens (tertiary/aromatic N) is 4. The highest BCUT2D eigenvalue weighted by molar-refractivity contribution is 7.59. The van der Waals surface area contributed by atoms with Crippen molar-refractivity contribution in [3.63, 3.8) is 0 Å². The van der Waals surface area contributed by atoms with Crippen LogP contribution < -0.4 is 15.5 Å². The third kappa shape index (κ3) is 4.96. The van der Waals surface area contributed by atoms with Crippen molar-refractivity contribution < 1.29 is 9.47 Å². The minimum absolute atomic E-state index is 0. The van der Waals surface area contributed by atoms with Crippen LogP contribution in [-0.2, 0) is 9.47 Å². The van der Waals surface area contributed by atoms with E-state index in [-0.39, 0.29) is 25.6 Å². The molecule has 0 saturated carbocycles. The van der Waals surface area contributed by atoms with E-state index in [1.807, 2.05) is 6.07 Å². The fourth-order valence-corrected chi connectivity index (χ4v) is 4.10. The first-order valence-electron chi connectivity index (χ1n) is 10.9. The van der Waals surface area contributed by atoms with Gasteiger partial charge in [-0.15, -0.1) is 0 Å². The summed E-state index contributed by atoms with van der Waals surface area (Å²) < 4.78 is 11.4. The van der Waals surface area contributed by atoms with Crippen molar-refractivity contribution in [3.8, 4) is 11.3 Å². The molecule has 0 bridgehead atoms. The lowest BCUT2D eigenvalue weighted by Crippen LogP contribution is -2.46. The highest BCUT2D eigenvalue weighted by Gasteiger charge is 2.22. The van der Waals surface area contributed by atoms with Crippen LogP contribution in [0.3, 0.4) is 0 Å². The number of hydrogen-bond acceptors (Lipinski definition) is 8. The first-order valence-corrected chi connectivity index (χ1v) is 10.9. The van der Waals surface area contributed by atoms with Gasteiger partial charge < -0.3 is 25.0 Å². The van der Waals surface area contributed by atoms with E-state index in [0.29, 0.717) is 0 Å². The van der Waals surface area contributed by atoms with Crippen LogP contribution in [0.5, 0.6) is 0 Å². The molecule has 2 atom stereocenters. The van der Waals surface area contributed by atoms with Gasteiger partial charge in [-0.25, -0.2) is 9.97 Å². The van der Waals surface area contributed by atoms with E-state index in [1.54, 1.807) is 12.4 Å². The van der Waals surface area contributed by atoms with Gasteiger partial charge in [-0.05, 0) is 25.1 Å². The summed E-state index contributed by atoms with van der Waals surface area (Å²) in [6.45, 7) is 7.96. The molecule has 3 aromatic rings. The second-order valence-corrected chi connectivity index (χ2v) is 7.97. The van der Waals surface area contributed by atoms with E-state index in [4.69, 9.17) is 14.5 Å². The highest BCUT2D eigenvalue weighted by Crippen LogP contribution is 2.28. The molecule has 0 amide bonds. The predicted molar refractivity (Wildman–Crippen MR) is 132 cm³/mol. The van der Waals surface area contributed by atoms with Gasteiger partial charge in [0.15, 0.2) is 5.82 Å². The molecule has 170 valence electrons. The molecule has 4 heterocycles. The van der Waals surface area contributed by atoms with Crippen molar-refractivity contribution in [2.24, 2.45) is 0 Å². The van der Waals surface area contributed by atoms with E-state index < -0.39 is 0 Å². The molecule has 2 N–H and O–H groups in total. The Hall–Kier alpha value is -2.46. The van der Waals surface area contributed by atoms with Crippen molar-refractivity contribution >= 4 is 36.0 Å². The molecule has 2 aliphatic rings. The predicted octanol–water partition coefficient (Wildman–Crippen LogP) is 2.43. The van der Waals surface area contributed by atoms with Crippen molar-refractivity contribution in [1.82, 2.24) is 20.3 Å². The second-order valence-electron chi connectivity index (χ2n) is 7.97. The zero-order chi connectivity index (χ0) is 21.0. The van der Waals surface area contributed by atoms with E-state index in [9.17, 15) is 0 Å². The van der Waals surface area contributed by atoms with Gasteiger partial charge >= 0.3 is 0 Å². The molecular weight excluding hydrogens is 424 g/mol. The largest absolute Gasteiger partial charge is 0.378 e. The number of pyridine rings is 1. The molecule has 0 aliphatic carbocycles. The SMILES string of the molecule is CC(Nc1nc(-c2ccc(N3CCOCC3)cc2)cc2nccnc12)C1CNCCO1.S. The van der Waals surface area contributed by atoms with Gasteiger partial charge in [-0.2, -0.15) is 13.5 Å². The number of rotatable bonds is 5. The molecule has 0 spiro atoms. The van der Waals surface area contributed by atoms with Crippen molar-refractivity contribution in [1.29, 1.82) is 0 Å². The third-order valence-corrected chi connectivity index (χ3v) is 5.87. The fraction of sp³-hybridized carbons (Fsp3) is 0.435. The molecule has 2 aromatic heterocycles. The van der Waals surface area contributed by atoms with Gasteiger partial charge in [0.2, 0.25) is 0 Å². The Labute approximate surface area is 195 Å². The van der Waals surface area contributed by atoms with Crippen LogP contribution in [-0.4, -0.2) is 73.1 Å². The Balaban J connectivity index is 0.00000245. The highest BCUT2D eigenvalue weighted by atomic mass is 32.1. The molecule has 32 heavy (non-hydrogen) atoms. The molecule has 1 aromatic carbocycles. The van der Waals surface area contributed by atoms with Gasteiger partial charge in [-0.1, -0.05) is 12.1 Å². The molecule has 8 nitrogen and oxygen atoms in total. The molecule has 2 unspecified atom stereocenters. The lowest BCUT2D eigenvalue weighted by molar-refractivity contribution is 0.0201. The number of ether oxygens (including phenoxy) is 2. The van der Waals surface area contributed by atoms with Crippen LogP contribution in [0.4, 0.5) is 11.5 Å². The monoisotopic (exact) mass is 454 g/mol. The van der Waals surface area contributed by atoms with Crippen molar-refractivity contribution in [2.75, 3.05) is 56.2 Å². The Kier molecular flexibility index (Phi) is 7.41. The molecule has 2 saturated heterocycles. The van der Waals surface area contributed by atoms with Crippen LogP contribution in [0.25, 0.3) is 22.3 Å². The molecule has 2 fully saturated rings. The fourth-order valence-electron chi connectivity index (χ4n) is 4.10. The molecule has 2 aliphatic heterocycles. The van der Waals surface area contributed by atoms with Gasteiger partial charge in [0.05, 0.1) is 43.2 Å². The summed E-state index contributed by atoms with van der Waals surface area (Å²) in [4.78, 5) is 16.3. The molecule has 5 rings (SSSR count). The number of benzene rings is 1. The van der Waals surface area contributed by atoms with Gasteiger partial charge in [0.1, 0.15) is 5.52 Å². The summed E-state index contributed by atoms with van der Waals surface area (Å²) in [5, 5.41) is 6.91. The number of fused-ring (bicyclic) bond motifs is 1. The molecule has 0 radical (unpaired) electrons. The average Bonchev–Trinajstić information content (AvgIpc) is 2.85. The Morgan fingerprint density at radius 1 is 1.09 bits per heavy atom. The first-order chi connectivity index (χ1) is 15.3. The number of hydrogen-bond donors (Lipinski definition) is 2. The minimum Gasteiger partial charge on any atom is -0.378 e. The van der Waals surface area contributed by atoms with Crippen LogP contribution in [0, 0.1) is 0 Å². The van der Waals surface area contributed by atoms with Crippen molar-refractivity contribution in [3.05, 3.63) is 42.7 Å². The number of anilines is 2. The summed E-state index contributed by atoms with van der Waals surface area (Å²) in [5.41, 5.74) is 4.73. The average molecular weight is 455 g/mol. The Morgan fingerprint density at radius 3 is 2.62 bits per heavy atom. The standard InChI is InChI=1S/C23H28N6O2.H2S/c1-16(21-15-24-8-11-31-21)27-23-22-20(25-6-7-26-22)14-19(28-23)17-2-4-18(5-3-17)29-9-12-30-13-10-29;/h2-7,14,16,21,24H,8-13,15H2,1H3,(H,27,28);1H2. The number of nitrogens with one attached hydrogen (secondary N) is 2. The smallest absolute Gasteiger partial charge is 0.155 e. The van der Waals surface area contributed by atoms with E-state index in [2.05, 4.69) is 56.7 Å².